The maximum Gasteiger partial charge on any atom is 0.321 e. The molecule has 1 N–H and O–H groups in total. The lowest BCUT2D eigenvalue weighted by Gasteiger charge is -2.02. The van der Waals surface area contributed by atoms with E-state index in [0.717, 1.165) is 6.54 Å². The van der Waals surface area contributed by atoms with Gasteiger partial charge in [-0.2, -0.15) is 4.98 Å². The highest BCUT2D eigenvalue weighted by Gasteiger charge is 2.08. The van der Waals surface area contributed by atoms with Crippen LogP contribution in [-0.2, 0) is 5.75 Å². The van der Waals surface area contributed by atoms with Gasteiger partial charge in [-0.05, 0) is 18.1 Å². The number of halogens is 1. The van der Waals surface area contributed by atoms with E-state index in [9.17, 15) is 4.39 Å². The van der Waals surface area contributed by atoms with Gasteiger partial charge in [0.05, 0.1) is 5.75 Å². The van der Waals surface area contributed by atoms with E-state index < -0.39 is 0 Å². The van der Waals surface area contributed by atoms with Gasteiger partial charge in [0.2, 0.25) is 0 Å². The van der Waals surface area contributed by atoms with Gasteiger partial charge in [0.15, 0.2) is 5.82 Å². The van der Waals surface area contributed by atoms with E-state index in [1.54, 1.807) is 18.2 Å². The van der Waals surface area contributed by atoms with Crippen LogP contribution in [-0.4, -0.2) is 16.7 Å². The van der Waals surface area contributed by atoms with Gasteiger partial charge >= 0.3 is 6.01 Å². The Morgan fingerprint density at radius 1 is 1.37 bits per heavy atom. The number of nitrogens with zero attached hydrogens (tertiary/aromatic N) is 2. The Morgan fingerprint density at radius 3 is 2.89 bits per heavy atom. The molecule has 1 aromatic heterocycles. The van der Waals surface area contributed by atoms with Crippen molar-refractivity contribution in [1.82, 2.24) is 10.1 Å². The molecule has 19 heavy (non-hydrogen) atoms. The fourth-order valence-corrected chi connectivity index (χ4v) is 2.16. The van der Waals surface area contributed by atoms with E-state index in [1.807, 2.05) is 0 Å². The molecule has 0 saturated carbocycles. The first-order chi connectivity index (χ1) is 9.15. The average molecular weight is 281 g/mol. The number of benzene rings is 1. The Labute approximate surface area is 115 Å². The van der Waals surface area contributed by atoms with Gasteiger partial charge in [-0.1, -0.05) is 31.1 Å². The Hall–Kier alpha value is -1.56. The van der Waals surface area contributed by atoms with Crippen LogP contribution in [0, 0.1) is 11.7 Å². The fraction of sp³-hybridized carbons (Fsp3) is 0.385. The molecule has 0 atom stereocenters. The summed E-state index contributed by atoms with van der Waals surface area (Å²) in [5.74, 6) is 1.31. The summed E-state index contributed by atoms with van der Waals surface area (Å²) in [5, 5.41) is 6.90. The molecule has 4 nitrogen and oxygen atoms in total. The summed E-state index contributed by atoms with van der Waals surface area (Å²) in [6.45, 7) is 4.97. The molecule has 1 aromatic carbocycles. The van der Waals surface area contributed by atoms with Crippen LogP contribution in [0.25, 0.3) is 0 Å². The number of rotatable bonds is 6. The van der Waals surface area contributed by atoms with Crippen LogP contribution >= 0.6 is 11.8 Å². The standard InChI is InChI=1S/C13H16FN3OS/c1-9(2)7-15-13-16-12(17-18-13)8-19-11-6-4-3-5-10(11)14/h3-6,9H,7-8H2,1-2H3,(H,15,16,17). The highest BCUT2D eigenvalue weighted by molar-refractivity contribution is 7.98. The van der Waals surface area contributed by atoms with Crippen LogP contribution in [0.2, 0.25) is 0 Å². The van der Waals surface area contributed by atoms with Crippen LogP contribution in [0.3, 0.4) is 0 Å². The number of thioether (sulfide) groups is 1. The lowest BCUT2D eigenvalue weighted by atomic mass is 10.2. The topological polar surface area (TPSA) is 51.0 Å². The lowest BCUT2D eigenvalue weighted by molar-refractivity contribution is 0.423. The van der Waals surface area contributed by atoms with Crippen molar-refractivity contribution in [1.29, 1.82) is 0 Å². The molecule has 2 aromatic rings. The molecule has 0 aliphatic rings. The summed E-state index contributed by atoms with van der Waals surface area (Å²) in [5.41, 5.74) is 0. The Kier molecular flexibility index (Phi) is 4.79. The molecule has 1 heterocycles. The molecule has 0 aliphatic carbocycles. The van der Waals surface area contributed by atoms with Crippen LogP contribution in [0.15, 0.2) is 33.7 Å². The van der Waals surface area contributed by atoms with E-state index in [-0.39, 0.29) is 5.82 Å². The minimum atomic E-state index is -0.228. The van der Waals surface area contributed by atoms with E-state index in [0.29, 0.717) is 28.4 Å². The summed E-state index contributed by atoms with van der Waals surface area (Å²) in [4.78, 5) is 4.78. The van der Waals surface area contributed by atoms with Crippen molar-refractivity contribution in [2.75, 3.05) is 11.9 Å². The van der Waals surface area contributed by atoms with Gasteiger partial charge < -0.3 is 9.84 Å². The summed E-state index contributed by atoms with van der Waals surface area (Å²) in [7, 11) is 0. The van der Waals surface area contributed by atoms with Crippen molar-refractivity contribution in [2.24, 2.45) is 5.92 Å². The van der Waals surface area contributed by atoms with E-state index in [2.05, 4.69) is 29.3 Å². The van der Waals surface area contributed by atoms with Gasteiger partial charge in [-0.25, -0.2) is 4.39 Å². The summed E-state index contributed by atoms with van der Waals surface area (Å²) >= 11 is 1.35. The zero-order valence-electron chi connectivity index (χ0n) is 10.9. The molecule has 0 aliphatic heterocycles. The molecule has 0 spiro atoms. The Balaban J connectivity index is 1.88. The van der Waals surface area contributed by atoms with Gasteiger partial charge in [-0.3, -0.25) is 0 Å². The molecule has 0 bridgehead atoms. The van der Waals surface area contributed by atoms with Crippen molar-refractivity contribution in [3.63, 3.8) is 0 Å². The monoisotopic (exact) mass is 281 g/mol. The Morgan fingerprint density at radius 2 is 2.16 bits per heavy atom. The number of nitrogens with one attached hydrogen (secondary N) is 1. The first kappa shape index (κ1) is 13.9. The highest BCUT2D eigenvalue weighted by Crippen LogP contribution is 2.24. The van der Waals surface area contributed by atoms with E-state index in [4.69, 9.17) is 4.52 Å². The van der Waals surface area contributed by atoms with E-state index >= 15 is 0 Å². The van der Waals surface area contributed by atoms with Gasteiger partial charge in [0, 0.05) is 11.4 Å². The second-order valence-corrected chi connectivity index (χ2v) is 5.53. The number of aromatic nitrogens is 2. The zero-order valence-corrected chi connectivity index (χ0v) is 11.7. The van der Waals surface area contributed by atoms with Crippen molar-refractivity contribution in [3.8, 4) is 0 Å². The molecule has 0 radical (unpaired) electrons. The molecular formula is C13H16FN3OS. The summed E-state index contributed by atoms with van der Waals surface area (Å²) in [6, 6.07) is 7.06. The van der Waals surface area contributed by atoms with Crippen molar-refractivity contribution >= 4 is 17.8 Å². The molecule has 0 unspecified atom stereocenters. The molecule has 102 valence electrons. The largest absolute Gasteiger partial charge is 0.337 e. The molecule has 6 heteroatoms. The predicted octanol–water partition coefficient (Wildman–Crippen LogP) is 3.57. The minimum absolute atomic E-state index is 0.228. The Bertz CT molecular complexity index is 530. The van der Waals surface area contributed by atoms with Gasteiger partial charge in [0.25, 0.3) is 0 Å². The molecular weight excluding hydrogens is 265 g/mol. The van der Waals surface area contributed by atoms with Crippen LogP contribution in [0.4, 0.5) is 10.4 Å². The zero-order chi connectivity index (χ0) is 13.7. The van der Waals surface area contributed by atoms with E-state index in [1.165, 1.54) is 17.8 Å². The predicted molar refractivity (Wildman–Crippen MR) is 73.6 cm³/mol. The smallest absolute Gasteiger partial charge is 0.321 e. The first-order valence-electron chi connectivity index (χ1n) is 6.09. The van der Waals surface area contributed by atoms with Gasteiger partial charge in [-0.15, -0.1) is 11.8 Å². The third-order valence-electron chi connectivity index (χ3n) is 2.32. The second-order valence-electron chi connectivity index (χ2n) is 4.51. The highest BCUT2D eigenvalue weighted by atomic mass is 32.2. The molecule has 0 amide bonds. The molecule has 2 rings (SSSR count). The van der Waals surface area contributed by atoms with Gasteiger partial charge in [0.1, 0.15) is 5.82 Å². The quantitative estimate of drug-likeness (QED) is 0.820. The second kappa shape index (κ2) is 6.56. The number of hydrogen-bond donors (Lipinski definition) is 1. The van der Waals surface area contributed by atoms with Crippen molar-refractivity contribution < 1.29 is 8.91 Å². The average Bonchev–Trinajstić information content (AvgIpc) is 2.83. The maximum atomic E-state index is 13.4. The summed E-state index contributed by atoms with van der Waals surface area (Å²) < 4.78 is 18.5. The molecule has 0 saturated heterocycles. The van der Waals surface area contributed by atoms with Crippen LogP contribution < -0.4 is 5.32 Å². The van der Waals surface area contributed by atoms with Crippen LogP contribution in [0.5, 0.6) is 0 Å². The minimum Gasteiger partial charge on any atom is -0.337 e. The number of hydrogen-bond acceptors (Lipinski definition) is 5. The maximum absolute atomic E-state index is 13.4. The SMILES string of the molecule is CC(C)CNc1nc(CSc2ccccc2F)no1. The van der Waals surface area contributed by atoms with Crippen molar-refractivity contribution in [2.45, 2.75) is 24.5 Å². The summed E-state index contributed by atoms with van der Waals surface area (Å²) in [6.07, 6.45) is 0. The normalized spacial score (nSPS) is 10.9. The first-order valence-corrected chi connectivity index (χ1v) is 7.07. The van der Waals surface area contributed by atoms with Crippen LogP contribution in [0.1, 0.15) is 19.7 Å². The molecule has 0 fully saturated rings. The third kappa shape index (κ3) is 4.24. The van der Waals surface area contributed by atoms with Crippen molar-refractivity contribution in [3.05, 3.63) is 35.9 Å². The number of anilines is 1. The fourth-order valence-electron chi connectivity index (χ4n) is 1.38. The lowest BCUT2D eigenvalue weighted by Crippen LogP contribution is -2.07. The third-order valence-corrected chi connectivity index (χ3v) is 3.37.